The minimum atomic E-state index is -0.616. The number of carbonyl (C=O) groups is 2. The van der Waals surface area contributed by atoms with E-state index >= 15 is 0 Å². The summed E-state index contributed by atoms with van der Waals surface area (Å²) in [6.07, 6.45) is 1.54. The Balaban J connectivity index is 1.90. The van der Waals surface area contributed by atoms with Gasteiger partial charge in [-0.25, -0.2) is 0 Å². The average molecular weight is 477 g/mol. The van der Waals surface area contributed by atoms with Gasteiger partial charge in [-0.3, -0.25) is 9.59 Å². The molecular formula is C29H33ClN2O2. The van der Waals surface area contributed by atoms with Crippen LogP contribution in [0.3, 0.4) is 0 Å². The van der Waals surface area contributed by atoms with Gasteiger partial charge in [-0.2, -0.15) is 0 Å². The lowest BCUT2D eigenvalue weighted by molar-refractivity contribution is -0.140. The van der Waals surface area contributed by atoms with E-state index in [0.717, 1.165) is 23.1 Å². The molecule has 0 bridgehead atoms. The van der Waals surface area contributed by atoms with Crippen LogP contribution in [-0.2, 0) is 29.0 Å². The van der Waals surface area contributed by atoms with Crippen LogP contribution in [0.2, 0.25) is 5.02 Å². The van der Waals surface area contributed by atoms with Crippen molar-refractivity contribution in [2.75, 3.05) is 6.54 Å². The van der Waals surface area contributed by atoms with Gasteiger partial charge in [0.2, 0.25) is 11.8 Å². The highest BCUT2D eigenvalue weighted by Crippen LogP contribution is 2.18. The first-order chi connectivity index (χ1) is 16.4. The molecule has 0 heterocycles. The molecule has 5 heteroatoms. The number of nitrogens with one attached hydrogen (secondary N) is 1. The number of carbonyl (C=O) groups excluding carboxylic acids is 2. The molecule has 1 unspecified atom stereocenters. The second-order valence-electron chi connectivity index (χ2n) is 8.99. The summed E-state index contributed by atoms with van der Waals surface area (Å²) in [7, 11) is 0. The van der Waals surface area contributed by atoms with Gasteiger partial charge < -0.3 is 10.2 Å². The van der Waals surface area contributed by atoms with E-state index in [1.807, 2.05) is 72.8 Å². The van der Waals surface area contributed by atoms with Gasteiger partial charge in [-0.1, -0.05) is 98.2 Å². The second-order valence-corrected chi connectivity index (χ2v) is 9.43. The lowest BCUT2D eigenvalue weighted by Crippen LogP contribution is -2.51. The Morgan fingerprint density at radius 2 is 1.41 bits per heavy atom. The van der Waals surface area contributed by atoms with Crippen LogP contribution in [0.4, 0.5) is 0 Å². The molecule has 0 saturated carbocycles. The molecule has 0 aliphatic heterocycles. The molecule has 1 atom stereocenters. The Morgan fingerprint density at radius 1 is 0.824 bits per heavy atom. The summed E-state index contributed by atoms with van der Waals surface area (Å²) in [5, 5.41) is 3.71. The van der Waals surface area contributed by atoms with Crippen LogP contribution in [-0.4, -0.2) is 29.3 Å². The van der Waals surface area contributed by atoms with E-state index in [9.17, 15) is 9.59 Å². The SMILES string of the molecule is CC(C)CCNC(=O)C(Cc1ccccc1)N(Cc1ccccc1)C(=O)Cc1ccc(Cl)cc1. The number of hydrogen-bond donors (Lipinski definition) is 1. The van der Waals surface area contributed by atoms with Crippen LogP contribution in [0.25, 0.3) is 0 Å². The minimum absolute atomic E-state index is 0.0916. The van der Waals surface area contributed by atoms with Crippen molar-refractivity contribution in [1.29, 1.82) is 0 Å². The molecule has 2 amide bonds. The summed E-state index contributed by atoms with van der Waals surface area (Å²) < 4.78 is 0. The highest BCUT2D eigenvalue weighted by Gasteiger charge is 2.30. The summed E-state index contributed by atoms with van der Waals surface area (Å²) in [6, 6.07) is 26.4. The maximum absolute atomic E-state index is 13.6. The first-order valence-electron chi connectivity index (χ1n) is 11.8. The van der Waals surface area contributed by atoms with E-state index in [0.29, 0.717) is 30.5 Å². The summed E-state index contributed by atoms with van der Waals surface area (Å²) >= 11 is 6.02. The summed E-state index contributed by atoms with van der Waals surface area (Å²) in [5.41, 5.74) is 2.87. The van der Waals surface area contributed by atoms with E-state index in [4.69, 9.17) is 11.6 Å². The highest BCUT2D eigenvalue weighted by atomic mass is 35.5. The fraction of sp³-hybridized carbons (Fsp3) is 0.310. The van der Waals surface area contributed by atoms with Gasteiger partial charge in [0, 0.05) is 24.5 Å². The maximum atomic E-state index is 13.6. The third-order valence-electron chi connectivity index (χ3n) is 5.76. The van der Waals surface area contributed by atoms with Crippen molar-refractivity contribution < 1.29 is 9.59 Å². The van der Waals surface area contributed by atoms with Gasteiger partial charge in [-0.15, -0.1) is 0 Å². The van der Waals surface area contributed by atoms with Crippen molar-refractivity contribution in [3.63, 3.8) is 0 Å². The van der Waals surface area contributed by atoms with Crippen molar-refractivity contribution >= 4 is 23.4 Å². The fourth-order valence-electron chi connectivity index (χ4n) is 3.81. The molecule has 0 aliphatic carbocycles. The Morgan fingerprint density at radius 3 is 2.00 bits per heavy atom. The van der Waals surface area contributed by atoms with Gasteiger partial charge >= 0.3 is 0 Å². The summed E-state index contributed by atoms with van der Waals surface area (Å²) in [4.78, 5) is 28.8. The molecule has 0 aromatic heterocycles. The Kier molecular flexibility index (Phi) is 9.72. The molecule has 4 nitrogen and oxygen atoms in total. The number of nitrogens with zero attached hydrogens (tertiary/aromatic N) is 1. The summed E-state index contributed by atoms with van der Waals surface area (Å²) in [5.74, 6) is 0.274. The molecule has 0 radical (unpaired) electrons. The number of amides is 2. The Hall–Kier alpha value is -3.11. The highest BCUT2D eigenvalue weighted by molar-refractivity contribution is 6.30. The molecule has 0 fully saturated rings. The van der Waals surface area contributed by atoms with Crippen molar-refractivity contribution in [1.82, 2.24) is 10.2 Å². The van der Waals surface area contributed by atoms with Gasteiger partial charge in [-0.05, 0) is 41.2 Å². The van der Waals surface area contributed by atoms with E-state index in [1.54, 1.807) is 17.0 Å². The molecule has 3 aromatic carbocycles. The van der Waals surface area contributed by atoms with E-state index in [1.165, 1.54) is 0 Å². The van der Waals surface area contributed by atoms with E-state index < -0.39 is 6.04 Å². The number of rotatable bonds is 11. The van der Waals surface area contributed by atoms with Crippen molar-refractivity contribution in [3.05, 3.63) is 107 Å². The van der Waals surface area contributed by atoms with Crippen LogP contribution in [0.15, 0.2) is 84.9 Å². The number of hydrogen-bond acceptors (Lipinski definition) is 2. The van der Waals surface area contributed by atoms with Crippen molar-refractivity contribution in [2.45, 2.75) is 45.7 Å². The Labute approximate surface area is 207 Å². The molecule has 0 aliphatic rings. The third kappa shape index (κ3) is 8.03. The largest absolute Gasteiger partial charge is 0.354 e. The molecular weight excluding hydrogens is 444 g/mol. The standard InChI is InChI=1S/C29H33ClN2O2/c1-22(2)17-18-31-29(34)27(19-23-9-5-3-6-10-23)32(21-25-11-7-4-8-12-25)28(33)20-24-13-15-26(30)16-14-24/h3-16,22,27H,17-21H2,1-2H3,(H,31,34). The van der Waals surface area contributed by atoms with Crippen LogP contribution in [0, 0.1) is 5.92 Å². The Bertz CT molecular complexity index is 1040. The van der Waals surface area contributed by atoms with Crippen molar-refractivity contribution in [2.24, 2.45) is 5.92 Å². The topological polar surface area (TPSA) is 49.4 Å². The molecule has 34 heavy (non-hydrogen) atoms. The van der Waals surface area contributed by atoms with Gasteiger partial charge in [0.1, 0.15) is 6.04 Å². The molecule has 178 valence electrons. The number of halogens is 1. The zero-order valence-electron chi connectivity index (χ0n) is 19.9. The van der Waals surface area contributed by atoms with E-state index in [-0.39, 0.29) is 18.2 Å². The van der Waals surface area contributed by atoms with Gasteiger partial charge in [0.05, 0.1) is 6.42 Å². The normalized spacial score (nSPS) is 11.8. The average Bonchev–Trinajstić information content (AvgIpc) is 2.83. The first kappa shape index (κ1) is 25.5. The molecule has 1 N–H and O–H groups in total. The molecule has 0 spiro atoms. The first-order valence-corrected chi connectivity index (χ1v) is 12.2. The number of benzene rings is 3. The predicted molar refractivity (Wildman–Crippen MR) is 139 cm³/mol. The van der Waals surface area contributed by atoms with E-state index in [2.05, 4.69) is 19.2 Å². The van der Waals surface area contributed by atoms with Crippen LogP contribution in [0.5, 0.6) is 0 Å². The predicted octanol–water partition coefficient (Wildman–Crippen LogP) is 5.68. The molecule has 0 saturated heterocycles. The summed E-state index contributed by atoms with van der Waals surface area (Å²) in [6.45, 7) is 5.21. The van der Waals surface area contributed by atoms with Crippen molar-refractivity contribution in [3.8, 4) is 0 Å². The zero-order valence-corrected chi connectivity index (χ0v) is 20.7. The molecule has 3 aromatic rings. The van der Waals surface area contributed by atoms with Crippen LogP contribution in [0.1, 0.15) is 37.0 Å². The van der Waals surface area contributed by atoms with Crippen LogP contribution >= 0.6 is 11.6 Å². The lowest BCUT2D eigenvalue weighted by Gasteiger charge is -2.32. The van der Waals surface area contributed by atoms with Gasteiger partial charge in [0.25, 0.3) is 0 Å². The zero-order chi connectivity index (χ0) is 24.3. The third-order valence-corrected chi connectivity index (χ3v) is 6.01. The van der Waals surface area contributed by atoms with Crippen LogP contribution < -0.4 is 5.32 Å². The minimum Gasteiger partial charge on any atom is -0.354 e. The monoisotopic (exact) mass is 476 g/mol. The molecule has 3 rings (SSSR count). The second kappa shape index (κ2) is 13.0. The fourth-order valence-corrected chi connectivity index (χ4v) is 3.94. The lowest BCUT2D eigenvalue weighted by atomic mass is 10.0. The maximum Gasteiger partial charge on any atom is 0.243 e. The smallest absolute Gasteiger partial charge is 0.243 e. The van der Waals surface area contributed by atoms with Gasteiger partial charge in [0.15, 0.2) is 0 Å². The quantitative estimate of drug-likeness (QED) is 0.386.